The third kappa shape index (κ3) is 2.98. The number of carbonyl (C=O) groups excluding carboxylic acids is 1. The summed E-state index contributed by atoms with van der Waals surface area (Å²) in [6, 6.07) is 8.30. The molecule has 0 radical (unpaired) electrons. The van der Waals surface area contributed by atoms with E-state index in [9.17, 15) is 4.79 Å². The number of hydrogen-bond donors (Lipinski definition) is 1. The lowest BCUT2D eigenvalue weighted by Gasteiger charge is -2.22. The molecule has 0 spiro atoms. The topological polar surface area (TPSA) is 72.7 Å². The smallest absolute Gasteiger partial charge is 0.243 e. The quantitative estimate of drug-likeness (QED) is 0.937. The van der Waals surface area contributed by atoms with Gasteiger partial charge in [0.1, 0.15) is 6.54 Å². The average molecular weight is 311 g/mol. The summed E-state index contributed by atoms with van der Waals surface area (Å²) in [5.74, 6) is 2.03. The predicted octanol–water partition coefficient (Wildman–Crippen LogP) is 1.95. The van der Waals surface area contributed by atoms with Crippen LogP contribution in [0, 0.1) is 18.8 Å². The van der Waals surface area contributed by atoms with Crippen LogP contribution < -0.4 is 5.32 Å². The lowest BCUT2D eigenvalue weighted by atomic mass is 9.95. The number of nitrogens with one attached hydrogen (secondary N) is 1. The molecule has 0 aliphatic heterocycles. The number of carbonyl (C=O) groups is 1. The van der Waals surface area contributed by atoms with E-state index in [1.165, 1.54) is 29.6 Å². The minimum Gasteiger partial charge on any atom is -0.351 e. The summed E-state index contributed by atoms with van der Waals surface area (Å²) >= 11 is 0. The Bertz CT molecular complexity index is 708. The van der Waals surface area contributed by atoms with Crippen LogP contribution in [-0.2, 0) is 11.3 Å². The minimum atomic E-state index is -0.0181. The highest BCUT2D eigenvalue weighted by atomic mass is 16.2. The zero-order valence-corrected chi connectivity index (χ0v) is 13.3. The zero-order chi connectivity index (χ0) is 15.8. The molecule has 2 fully saturated rings. The van der Waals surface area contributed by atoms with Gasteiger partial charge < -0.3 is 5.32 Å². The van der Waals surface area contributed by atoms with Crippen LogP contribution in [0.4, 0.5) is 0 Å². The number of tetrazole rings is 1. The van der Waals surface area contributed by atoms with Crippen LogP contribution in [0.5, 0.6) is 0 Å². The van der Waals surface area contributed by atoms with Gasteiger partial charge in [0.05, 0.1) is 0 Å². The van der Waals surface area contributed by atoms with Crippen LogP contribution in [0.3, 0.4) is 0 Å². The number of aromatic nitrogens is 4. The summed E-state index contributed by atoms with van der Waals surface area (Å²) < 4.78 is 0. The van der Waals surface area contributed by atoms with E-state index in [0.29, 0.717) is 17.8 Å². The lowest BCUT2D eigenvalue weighted by molar-refractivity contribution is -0.123. The van der Waals surface area contributed by atoms with Crippen molar-refractivity contribution in [3.63, 3.8) is 0 Å². The summed E-state index contributed by atoms with van der Waals surface area (Å²) in [5, 5.41) is 15.5. The maximum absolute atomic E-state index is 12.2. The van der Waals surface area contributed by atoms with Gasteiger partial charge in [0.2, 0.25) is 11.7 Å². The summed E-state index contributed by atoms with van der Waals surface area (Å²) in [6.07, 6.45) is 5.01. The highest BCUT2D eigenvalue weighted by Crippen LogP contribution is 2.44. The Labute approximate surface area is 135 Å². The van der Waals surface area contributed by atoms with Crippen LogP contribution in [-0.4, -0.2) is 32.2 Å². The average Bonchev–Trinajstić information content (AvgIpc) is 3.24. The molecule has 1 N–H and O–H groups in total. The van der Waals surface area contributed by atoms with E-state index in [4.69, 9.17) is 0 Å². The van der Waals surface area contributed by atoms with Crippen molar-refractivity contribution in [2.75, 3.05) is 0 Å². The number of hydrogen-bond acceptors (Lipinski definition) is 4. The Morgan fingerprint density at radius 1 is 1.26 bits per heavy atom. The van der Waals surface area contributed by atoms with E-state index in [-0.39, 0.29) is 12.5 Å². The fourth-order valence-electron chi connectivity index (χ4n) is 3.93. The highest BCUT2D eigenvalue weighted by molar-refractivity contribution is 5.76. The molecular weight excluding hydrogens is 290 g/mol. The van der Waals surface area contributed by atoms with Gasteiger partial charge in [0, 0.05) is 11.6 Å². The van der Waals surface area contributed by atoms with Gasteiger partial charge in [0.25, 0.3) is 0 Å². The SMILES string of the molecule is Cc1ccc(-c2nnn(CC(=O)N[C@@H]3C[C@H]4CC[C@H]3C4)n2)cc1. The standard InChI is InChI=1S/C17H21N5O/c1-11-2-5-13(6-3-11)17-19-21-22(20-17)10-16(23)18-15-9-12-4-7-14(15)8-12/h2-3,5-6,12,14-15H,4,7-10H2,1H3,(H,18,23)/t12-,14-,15+/m0/s1. The minimum absolute atomic E-state index is 0.0181. The Morgan fingerprint density at radius 2 is 2.09 bits per heavy atom. The number of nitrogens with zero attached hydrogens (tertiary/aromatic N) is 4. The van der Waals surface area contributed by atoms with Gasteiger partial charge in [-0.05, 0) is 43.2 Å². The van der Waals surface area contributed by atoms with Crippen molar-refractivity contribution in [1.29, 1.82) is 0 Å². The van der Waals surface area contributed by atoms with Crippen molar-refractivity contribution >= 4 is 5.91 Å². The van der Waals surface area contributed by atoms with Crippen molar-refractivity contribution in [3.05, 3.63) is 29.8 Å². The van der Waals surface area contributed by atoms with E-state index in [1.54, 1.807) is 0 Å². The van der Waals surface area contributed by atoms with Gasteiger partial charge >= 0.3 is 0 Å². The number of benzene rings is 1. The maximum atomic E-state index is 12.2. The zero-order valence-electron chi connectivity index (χ0n) is 13.3. The molecule has 4 rings (SSSR count). The Balaban J connectivity index is 1.37. The Morgan fingerprint density at radius 3 is 2.78 bits per heavy atom. The molecule has 2 aliphatic carbocycles. The van der Waals surface area contributed by atoms with Gasteiger partial charge in [-0.15, -0.1) is 10.2 Å². The van der Waals surface area contributed by atoms with Crippen LogP contribution in [0.2, 0.25) is 0 Å². The largest absolute Gasteiger partial charge is 0.351 e. The maximum Gasteiger partial charge on any atom is 0.243 e. The van der Waals surface area contributed by atoms with E-state index < -0.39 is 0 Å². The third-order valence-corrected chi connectivity index (χ3v) is 5.13. The normalized spacial score (nSPS) is 25.7. The number of aryl methyl sites for hydroxylation is 1. The molecule has 23 heavy (non-hydrogen) atoms. The van der Waals surface area contributed by atoms with Crippen molar-refractivity contribution in [3.8, 4) is 11.4 Å². The molecule has 2 aliphatic rings. The first-order valence-corrected chi connectivity index (χ1v) is 8.31. The van der Waals surface area contributed by atoms with Crippen molar-refractivity contribution in [1.82, 2.24) is 25.5 Å². The van der Waals surface area contributed by atoms with Crippen LogP contribution >= 0.6 is 0 Å². The fourth-order valence-corrected chi connectivity index (χ4v) is 3.93. The molecular formula is C17H21N5O. The van der Waals surface area contributed by atoms with Gasteiger partial charge in [-0.2, -0.15) is 4.80 Å². The molecule has 0 saturated heterocycles. The predicted molar refractivity (Wildman–Crippen MR) is 85.4 cm³/mol. The molecule has 6 heteroatoms. The molecule has 6 nitrogen and oxygen atoms in total. The van der Waals surface area contributed by atoms with Gasteiger partial charge in [0.15, 0.2) is 0 Å². The Kier molecular flexibility index (Phi) is 3.59. The first-order chi connectivity index (χ1) is 11.2. The van der Waals surface area contributed by atoms with E-state index in [1.807, 2.05) is 31.2 Å². The molecule has 2 bridgehead atoms. The third-order valence-electron chi connectivity index (χ3n) is 5.13. The van der Waals surface area contributed by atoms with E-state index in [0.717, 1.165) is 17.9 Å². The number of amides is 1. The first-order valence-electron chi connectivity index (χ1n) is 8.31. The molecule has 1 aromatic carbocycles. The summed E-state index contributed by atoms with van der Waals surface area (Å²) in [4.78, 5) is 13.6. The molecule has 1 amide bonds. The number of fused-ring (bicyclic) bond motifs is 2. The molecule has 1 aromatic heterocycles. The Hall–Kier alpha value is -2.24. The van der Waals surface area contributed by atoms with Crippen molar-refractivity contribution < 1.29 is 4.79 Å². The monoisotopic (exact) mass is 311 g/mol. The molecule has 120 valence electrons. The number of rotatable bonds is 4. The van der Waals surface area contributed by atoms with Gasteiger partial charge in [-0.1, -0.05) is 36.2 Å². The van der Waals surface area contributed by atoms with Crippen molar-refractivity contribution in [2.45, 2.75) is 45.2 Å². The molecule has 2 saturated carbocycles. The molecule has 3 atom stereocenters. The molecule has 0 unspecified atom stereocenters. The second-order valence-electron chi connectivity index (χ2n) is 6.86. The van der Waals surface area contributed by atoms with E-state index in [2.05, 4.69) is 20.7 Å². The van der Waals surface area contributed by atoms with E-state index >= 15 is 0 Å². The summed E-state index contributed by atoms with van der Waals surface area (Å²) in [7, 11) is 0. The van der Waals surface area contributed by atoms with Crippen molar-refractivity contribution in [2.24, 2.45) is 11.8 Å². The van der Waals surface area contributed by atoms with Crippen LogP contribution in [0.15, 0.2) is 24.3 Å². The summed E-state index contributed by atoms with van der Waals surface area (Å²) in [5.41, 5.74) is 2.10. The molecule has 2 aromatic rings. The van der Waals surface area contributed by atoms with Gasteiger partial charge in [-0.3, -0.25) is 4.79 Å². The fraction of sp³-hybridized carbons (Fsp3) is 0.529. The highest BCUT2D eigenvalue weighted by Gasteiger charge is 2.40. The first kappa shape index (κ1) is 14.4. The van der Waals surface area contributed by atoms with Crippen LogP contribution in [0.25, 0.3) is 11.4 Å². The lowest BCUT2D eigenvalue weighted by Crippen LogP contribution is -2.40. The summed E-state index contributed by atoms with van der Waals surface area (Å²) in [6.45, 7) is 2.17. The molecule has 1 heterocycles. The van der Waals surface area contributed by atoms with Crippen LogP contribution in [0.1, 0.15) is 31.2 Å². The second-order valence-corrected chi connectivity index (χ2v) is 6.86. The second kappa shape index (κ2) is 5.76. The van der Waals surface area contributed by atoms with Gasteiger partial charge in [-0.25, -0.2) is 0 Å².